The van der Waals surface area contributed by atoms with Gasteiger partial charge < -0.3 is 10.6 Å². The van der Waals surface area contributed by atoms with Crippen molar-refractivity contribution < 1.29 is 0 Å². The molecule has 0 amide bonds. The first kappa shape index (κ1) is 24.2. The second kappa shape index (κ2) is 13.3. The number of rotatable bonds is 9. The van der Waals surface area contributed by atoms with E-state index in [1.54, 1.807) is 0 Å². The minimum Gasteiger partial charge on any atom is -0.355 e. The Morgan fingerprint density at radius 1 is 1.19 bits per heavy atom. The summed E-state index contributed by atoms with van der Waals surface area (Å²) in [7, 11) is 1.85. The summed E-state index contributed by atoms with van der Waals surface area (Å²) < 4.78 is 0. The van der Waals surface area contributed by atoms with E-state index in [1.165, 1.54) is 30.5 Å². The Kier molecular flexibility index (Phi) is 11.9. The van der Waals surface area contributed by atoms with E-state index >= 15 is 0 Å². The normalized spacial score (nSPS) is 17.8. The van der Waals surface area contributed by atoms with Crippen molar-refractivity contribution in [3.8, 4) is 0 Å². The number of aliphatic imine (C=N–C) groups is 1. The molecule has 1 aliphatic heterocycles. The van der Waals surface area contributed by atoms with Gasteiger partial charge >= 0.3 is 0 Å². The van der Waals surface area contributed by atoms with Crippen LogP contribution < -0.4 is 10.6 Å². The number of likely N-dealkylation sites (N-methyl/N-ethyl adjacent to an activating group) is 1. The minimum atomic E-state index is 0. The molecule has 1 aliphatic rings. The van der Waals surface area contributed by atoms with Gasteiger partial charge in [-0.05, 0) is 50.1 Å². The largest absolute Gasteiger partial charge is 0.355 e. The van der Waals surface area contributed by atoms with E-state index in [2.05, 4.69) is 70.5 Å². The molecular weight excluding hydrogens is 449 g/mol. The van der Waals surface area contributed by atoms with Crippen molar-refractivity contribution in [2.24, 2.45) is 4.99 Å². The number of likely N-dealkylation sites (tertiary alicyclic amines) is 1. The van der Waals surface area contributed by atoms with Crippen molar-refractivity contribution in [3.63, 3.8) is 0 Å². The lowest BCUT2D eigenvalue weighted by atomic mass is 10.1. The van der Waals surface area contributed by atoms with Crippen LogP contribution in [0.15, 0.2) is 29.3 Å². The molecule has 0 radical (unpaired) electrons. The number of halogens is 1. The highest BCUT2D eigenvalue weighted by molar-refractivity contribution is 14.0. The van der Waals surface area contributed by atoms with E-state index in [4.69, 9.17) is 0 Å². The van der Waals surface area contributed by atoms with Gasteiger partial charge in [-0.15, -0.1) is 24.0 Å². The number of nitrogens with one attached hydrogen (secondary N) is 2. The van der Waals surface area contributed by atoms with E-state index in [-0.39, 0.29) is 24.0 Å². The summed E-state index contributed by atoms with van der Waals surface area (Å²) in [6.45, 7) is 14.0. The molecule has 27 heavy (non-hydrogen) atoms. The third-order valence-electron chi connectivity index (χ3n) is 5.39. The molecule has 1 heterocycles. The zero-order chi connectivity index (χ0) is 18.8. The van der Waals surface area contributed by atoms with E-state index in [9.17, 15) is 0 Å². The van der Waals surface area contributed by atoms with Crippen molar-refractivity contribution in [3.05, 3.63) is 35.4 Å². The average molecular weight is 487 g/mol. The monoisotopic (exact) mass is 487 g/mol. The zero-order valence-corrected chi connectivity index (χ0v) is 19.8. The lowest BCUT2D eigenvalue weighted by molar-refractivity contribution is 0.267. The molecule has 154 valence electrons. The van der Waals surface area contributed by atoms with Crippen LogP contribution in [0.4, 0.5) is 0 Å². The fraction of sp³-hybridized carbons (Fsp3) is 0.667. The van der Waals surface area contributed by atoms with E-state index in [0.717, 1.165) is 45.2 Å². The predicted octanol–water partition coefficient (Wildman–Crippen LogP) is 3.30. The maximum atomic E-state index is 4.38. The van der Waals surface area contributed by atoms with E-state index in [0.29, 0.717) is 6.04 Å². The first-order chi connectivity index (χ1) is 12.7. The third-order valence-corrected chi connectivity index (χ3v) is 5.39. The number of nitrogens with zero attached hydrogens (tertiary/aromatic N) is 3. The third kappa shape index (κ3) is 7.95. The summed E-state index contributed by atoms with van der Waals surface area (Å²) in [4.78, 5) is 9.37. The molecule has 0 aromatic heterocycles. The van der Waals surface area contributed by atoms with Crippen LogP contribution in [0.25, 0.3) is 0 Å². The van der Waals surface area contributed by atoms with E-state index in [1.807, 2.05) is 7.05 Å². The molecule has 1 fully saturated rings. The average Bonchev–Trinajstić information content (AvgIpc) is 3.14. The van der Waals surface area contributed by atoms with Gasteiger partial charge in [-0.1, -0.05) is 45.0 Å². The molecule has 0 spiro atoms. The summed E-state index contributed by atoms with van der Waals surface area (Å²) in [5.41, 5.74) is 2.68. The van der Waals surface area contributed by atoms with Gasteiger partial charge in [0.05, 0.1) is 0 Å². The lowest BCUT2D eigenvalue weighted by Crippen LogP contribution is -2.44. The second-order valence-electron chi connectivity index (χ2n) is 7.01. The number of benzene rings is 1. The Bertz CT molecular complexity index is 559. The Labute approximate surface area is 183 Å². The van der Waals surface area contributed by atoms with Crippen LogP contribution in [-0.2, 0) is 13.1 Å². The van der Waals surface area contributed by atoms with E-state index < -0.39 is 0 Å². The van der Waals surface area contributed by atoms with Crippen molar-refractivity contribution in [1.82, 2.24) is 20.4 Å². The first-order valence-electron chi connectivity index (χ1n) is 10.2. The predicted molar refractivity (Wildman–Crippen MR) is 127 cm³/mol. The molecule has 0 saturated carbocycles. The van der Waals surface area contributed by atoms with Gasteiger partial charge in [0.25, 0.3) is 0 Å². The van der Waals surface area contributed by atoms with Crippen LogP contribution in [0, 0.1) is 0 Å². The van der Waals surface area contributed by atoms with Crippen molar-refractivity contribution >= 4 is 29.9 Å². The fourth-order valence-corrected chi connectivity index (χ4v) is 3.71. The standard InChI is InChI=1S/C21H37N5.HI/c1-5-25(6-2)17-19-11-8-10-18(14-19)15-23-21(22-4)24-16-20-12-9-13-26(20)7-3;/h8,10-11,14,20H,5-7,9,12-13,15-17H2,1-4H3,(H2,22,23,24);1H. The summed E-state index contributed by atoms with van der Waals surface area (Å²) in [5.74, 6) is 0.891. The number of hydrogen-bond acceptors (Lipinski definition) is 3. The van der Waals surface area contributed by atoms with Gasteiger partial charge in [0.1, 0.15) is 0 Å². The maximum absolute atomic E-state index is 4.38. The zero-order valence-electron chi connectivity index (χ0n) is 17.5. The Hall–Kier alpha value is -0.860. The molecule has 2 rings (SSSR count). The highest BCUT2D eigenvalue weighted by atomic mass is 127. The lowest BCUT2D eigenvalue weighted by Gasteiger charge is -2.24. The topological polar surface area (TPSA) is 42.9 Å². The van der Waals surface area contributed by atoms with Gasteiger partial charge in [-0.25, -0.2) is 0 Å². The summed E-state index contributed by atoms with van der Waals surface area (Å²) >= 11 is 0. The molecule has 6 heteroatoms. The quantitative estimate of drug-likeness (QED) is 0.319. The highest BCUT2D eigenvalue weighted by Gasteiger charge is 2.22. The SMILES string of the molecule is CCN(CC)Cc1cccc(CNC(=NC)NCC2CCCN2CC)c1.I. The molecule has 0 aliphatic carbocycles. The molecule has 1 saturated heterocycles. The highest BCUT2D eigenvalue weighted by Crippen LogP contribution is 2.15. The Balaban J connectivity index is 0.00000364. The Morgan fingerprint density at radius 2 is 1.93 bits per heavy atom. The molecule has 1 aromatic rings. The second-order valence-corrected chi connectivity index (χ2v) is 7.01. The van der Waals surface area contributed by atoms with Crippen LogP contribution in [0.5, 0.6) is 0 Å². The molecule has 2 N–H and O–H groups in total. The molecular formula is C21H38IN5. The molecule has 1 aromatic carbocycles. The summed E-state index contributed by atoms with van der Waals surface area (Å²) in [6.07, 6.45) is 2.59. The van der Waals surface area contributed by atoms with Crippen LogP contribution in [0.1, 0.15) is 44.7 Å². The van der Waals surface area contributed by atoms with Crippen molar-refractivity contribution in [1.29, 1.82) is 0 Å². The minimum absolute atomic E-state index is 0. The molecule has 5 nitrogen and oxygen atoms in total. The molecule has 1 atom stereocenters. The Morgan fingerprint density at radius 3 is 2.59 bits per heavy atom. The van der Waals surface area contributed by atoms with Crippen LogP contribution in [0.2, 0.25) is 0 Å². The number of guanidine groups is 1. The van der Waals surface area contributed by atoms with Gasteiger partial charge in [-0.2, -0.15) is 0 Å². The molecule has 1 unspecified atom stereocenters. The summed E-state index contributed by atoms with van der Waals surface area (Å²) in [6, 6.07) is 9.49. The van der Waals surface area contributed by atoms with Gasteiger partial charge in [0.15, 0.2) is 5.96 Å². The maximum Gasteiger partial charge on any atom is 0.191 e. The summed E-state index contributed by atoms with van der Waals surface area (Å²) in [5, 5.41) is 6.96. The van der Waals surface area contributed by atoms with Crippen LogP contribution in [-0.4, -0.2) is 61.6 Å². The van der Waals surface area contributed by atoms with Crippen LogP contribution in [0.3, 0.4) is 0 Å². The fourth-order valence-electron chi connectivity index (χ4n) is 3.71. The molecule has 0 bridgehead atoms. The smallest absolute Gasteiger partial charge is 0.191 e. The first-order valence-corrected chi connectivity index (χ1v) is 10.2. The number of hydrogen-bond donors (Lipinski definition) is 2. The van der Waals surface area contributed by atoms with Gasteiger partial charge in [0, 0.05) is 32.7 Å². The van der Waals surface area contributed by atoms with Crippen molar-refractivity contribution in [2.75, 3.05) is 39.8 Å². The van der Waals surface area contributed by atoms with Crippen LogP contribution >= 0.6 is 24.0 Å². The van der Waals surface area contributed by atoms with Gasteiger partial charge in [-0.3, -0.25) is 14.8 Å². The van der Waals surface area contributed by atoms with Crippen molar-refractivity contribution in [2.45, 2.75) is 52.7 Å². The van der Waals surface area contributed by atoms with Gasteiger partial charge in [0.2, 0.25) is 0 Å².